The van der Waals surface area contributed by atoms with Crippen molar-refractivity contribution in [3.8, 4) is 11.1 Å². The van der Waals surface area contributed by atoms with Gasteiger partial charge in [-0.05, 0) is 32.1 Å². The van der Waals surface area contributed by atoms with Gasteiger partial charge in [-0.1, -0.05) is 18.2 Å². The molecule has 0 amide bonds. The summed E-state index contributed by atoms with van der Waals surface area (Å²) in [6.07, 6.45) is -5.08. The molecule has 3 heterocycles. The van der Waals surface area contributed by atoms with Crippen LogP contribution in [0.1, 0.15) is 19.4 Å². The minimum absolute atomic E-state index is 0.00266. The Morgan fingerprint density at radius 3 is 2.43 bits per heavy atom. The summed E-state index contributed by atoms with van der Waals surface area (Å²) in [5.74, 6) is -2.14. The SMILES string of the molecule is C=CC(O)N1[C@H](C)CN(c2nc(=O)n3c4c(c(-c5cc(Cl)c(F)cc5F)c(C(F)(F)F)cc24)SC[C@H](OC)C3)C[C@@H]1C. The van der Waals surface area contributed by atoms with Gasteiger partial charge in [-0.15, -0.1) is 11.8 Å². The molecule has 1 saturated heterocycles. The topological polar surface area (TPSA) is 70.8 Å². The third-order valence-corrected chi connectivity index (χ3v) is 9.23. The van der Waals surface area contributed by atoms with Gasteiger partial charge in [0.1, 0.15) is 23.7 Å². The van der Waals surface area contributed by atoms with Gasteiger partial charge in [-0.2, -0.15) is 18.2 Å². The molecule has 5 rings (SSSR count). The van der Waals surface area contributed by atoms with Crippen molar-refractivity contribution in [2.75, 3.05) is 30.9 Å². The second kappa shape index (κ2) is 11.4. The molecule has 2 aromatic carbocycles. The second-order valence-electron chi connectivity index (χ2n) is 10.5. The number of thioether (sulfide) groups is 1. The highest BCUT2D eigenvalue weighted by atomic mass is 35.5. The fraction of sp³-hybridized carbons (Fsp3) is 0.429. The Bertz CT molecular complexity index is 1610. The molecule has 14 heteroatoms. The van der Waals surface area contributed by atoms with Gasteiger partial charge in [0.25, 0.3) is 0 Å². The van der Waals surface area contributed by atoms with Gasteiger partial charge in [0.2, 0.25) is 0 Å². The number of hydrogen-bond donors (Lipinski definition) is 1. The third kappa shape index (κ3) is 5.30. The minimum atomic E-state index is -4.97. The first kappa shape index (κ1) is 30.7. The number of aromatic nitrogens is 2. The largest absolute Gasteiger partial charge is 0.417 e. The molecule has 0 saturated carbocycles. The van der Waals surface area contributed by atoms with Gasteiger partial charge in [0.05, 0.1) is 28.8 Å². The van der Waals surface area contributed by atoms with E-state index in [-0.39, 0.29) is 59.1 Å². The number of halogens is 6. The Morgan fingerprint density at radius 2 is 1.83 bits per heavy atom. The molecular weight excluding hydrogens is 603 g/mol. The number of piperazine rings is 1. The fourth-order valence-corrected chi connectivity index (χ4v) is 7.35. The highest BCUT2D eigenvalue weighted by Gasteiger charge is 2.40. The van der Waals surface area contributed by atoms with Crippen molar-refractivity contribution in [3.63, 3.8) is 0 Å². The van der Waals surface area contributed by atoms with Gasteiger partial charge in [-0.25, -0.2) is 13.6 Å². The molecule has 0 bridgehead atoms. The molecule has 1 fully saturated rings. The van der Waals surface area contributed by atoms with E-state index in [1.54, 1.807) is 4.90 Å². The second-order valence-corrected chi connectivity index (χ2v) is 11.9. The van der Waals surface area contributed by atoms with Crippen LogP contribution >= 0.6 is 23.4 Å². The van der Waals surface area contributed by atoms with Crippen LogP contribution in [0.4, 0.5) is 27.8 Å². The van der Waals surface area contributed by atoms with E-state index >= 15 is 4.39 Å². The summed E-state index contributed by atoms with van der Waals surface area (Å²) >= 11 is 6.90. The number of ether oxygens (including phenoxy) is 1. The van der Waals surface area contributed by atoms with Crippen molar-refractivity contribution < 1.29 is 31.8 Å². The van der Waals surface area contributed by atoms with Gasteiger partial charge >= 0.3 is 11.9 Å². The van der Waals surface area contributed by atoms with Crippen molar-refractivity contribution >= 4 is 40.1 Å². The average Bonchev–Trinajstić information content (AvgIpc) is 3.12. The fourth-order valence-electron chi connectivity index (χ4n) is 5.88. The number of alkyl halides is 3. The highest BCUT2D eigenvalue weighted by Crippen LogP contribution is 2.49. The van der Waals surface area contributed by atoms with E-state index in [1.807, 2.05) is 18.7 Å². The zero-order valence-corrected chi connectivity index (χ0v) is 24.5. The van der Waals surface area contributed by atoms with Crippen LogP contribution in [0.5, 0.6) is 0 Å². The molecule has 1 unspecified atom stereocenters. The van der Waals surface area contributed by atoms with E-state index in [0.29, 0.717) is 6.07 Å². The molecule has 2 aliphatic heterocycles. The molecule has 3 aromatic rings. The van der Waals surface area contributed by atoms with E-state index in [2.05, 4.69) is 11.6 Å². The van der Waals surface area contributed by atoms with Crippen molar-refractivity contribution in [1.29, 1.82) is 0 Å². The van der Waals surface area contributed by atoms with E-state index in [9.17, 15) is 27.5 Å². The van der Waals surface area contributed by atoms with Gasteiger partial charge in [0, 0.05) is 65.5 Å². The Balaban J connectivity index is 1.85. The zero-order valence-electron chi connectivity index (χ0n) is 22.9. The van der Waals surface area contributed by atoms with Gasteiger partial charge < -0.3 is 14.7 Å². The van der Waals surface area contributed by atoms with Crippen LogP contribution in [0.2, 0.25) is 5.02 Å². The number of rotatable bonds is 5. The molecule has 7 nitrogen and oxygen atoms in total. The van der Waals surface area contributed by atoms with Crippen molar-refractivity contribution in [3.05, 3.63) is 63.6 Å². The van der Waals surface area contributed by atoms with Crippen LogP contribution in [0.15, 0.2) is 40.5 Å². The summed E-state index contributed by atoms with van der Waals surface area (Å²) in [7, 11) is 1.42. The lowest BCUT2D eigenvalue weighted by Gasteiger charge is -2.46. The maximum atomic E-state index is 15.2. The lowest BCUT2D eigenvalue weighted by Crippen LogP contribution is -2.60. The Hall–Kier alpha value is -2.71. The van der Waals surface area contributed by atoms with E-state index in [4.69, 9.17) is 16.3 Å². The average molecular weight is 631 g/mol. The number of methoxy groups -OCH3 is 1. The summed E-state index contributed by atoms with van der Waals surface area (Å²) in [6, 6.07) is 1.59. The Labute approximate surface area is 247 Å². The first-order valence-corrected chi connectivity index (χ1v) is 14.4. The van der Waals surface area contributed by atoms with Crippen LogP contribution in [0.25, 0.3) is 22.0 Å². The van der Waals surface area contributed by atoms with E-state index in [1.165, 1.54) is 17.8 Å². The predicted octanol–water partition coefficient (Wildman–Crippen LogP) is 5.54. The molecule has 226 valence electrons. The monoisotopic (exact) mass is 630 g/mol. The molecule has 1 N–H and O–H groups in total. The lowest BCUT2D eigenvalue weighted by atomic mass is 9.95. The van der Waals surface area contributed by atoms with Crippen molar-refractivity contribution in [2.45, 2.75) is 55.9 Å². The van der Waals surface area contributed by atoms with Crippen LogP contribution in [-0.2, 0) is 17.5 Å². The highest BCUT2D eigenvalue weighted by molar-refractivity contribution is 7.99. The molecule has 4 atom stereocenters. The standard InChI is InChI=1S/C28H28ClF5N4O3S/c1-5-22(39)38-13(2)9-36(10-14(38)3)26-17-6-18(28(32,33)34)23(16-7-19(29)21(31)8-20(16)30)25-24(17)37(27(40)35-26)11-15(41-4)12-42-25/h5-8,13-15,22,39H,1,9-12H2,2-4H3/t13-,14+,15-,22?/m1/s1. The Kier molecular flexibility index (Phi) is 8.36. The number of anilines is 1. The number of aliphatic hydroxyl groups excluding tert-OH is 1. The minimum Gasteiger partial charge on any atom is -0.379 e. The molecule has 42 heavy (non-hydrogen) atoms. The molecule has 0 radical (unpaired) electrons. The third-order valence-electron chi connectivity index (χ3n) is 7.72. The van der Waals surface area contributed by atoms with Crippen LogP contribution < -0.4 is 10.6 Å². The normalized spacial score (nSPS) is 22.3. The number of nitrogens with zero attached hydrogens (tertiary/aromatic N) is 4. The molecule has 0 spiro atoms. The van der Waals surface area contributed by atoms with Crippen LogP contribution in [0, 0.1) is 11.6 Å². The Morgan fingerprint density at radius 1 is 1.17 bits per heavy atom. The van der Waals surface area contributed by atoms with Crippen LogP contribution in [0.3, 0.4) is 0 Å². The quantitative estimate of drug-likeness (QED) is 0.226. The van der Waals surface area contributed by atoms with Crippen LogP contribution in [-0.4, -0.2) is 69.9 Å². The molecule has 0 aliphatic carbocycles. The summed E-state index contributed by atoms with van der Waals surface area (Å²) in [4.78, 5) is 21.3. The summed E-state index contributed by atoms with van der Waals surface area (Å²) < 4.78 is 80.4. The summed E-state index contributed by atoms with van der Waals surface area (Å²) in [6.45, 7) is 7.82. The molecular formula is C28H28ClF5N4O3S. The first-order chi connectivity index (χ1) is 19.8. The predicted molar refractivity (Wildman–Crippen MR) is 152 cm³/mol. The maximum absolute atomic E-state index is 15.2. The maximum Gasteiger partial charge on any atom is 0.417 e. The summed E-state index contributed by atoms with van der Waals surface area (Å²) in [5.41, 5.74) is -2.82. The first-order valence-electron chi connectivity index (χ1n) is 13.1. The number of benzene rings is 2. The molecule has 2 aliphatic rings. The number of hydrogen-bond acceptors (Lipinski definition) is 7. The van der Waals surface area contributed by atoms with Gasteiger partial charge in [0.15, 0.2) is 0 Å². The van der Waals surface area contributed by atoms with Crippen molar-refractivity contribution in [2.24, 2.45) is 0 Å². The molecule has 1 aromatic heterocycles. The van der Waals surface area contributed by atoms with E-state index in [0.717, 1.165) is 23.9 Å². The zero-order chi connectivity index (χ0) is 30.7. The lowest BCUT2D eigenvalue weighted by molar-refractivity contribution is -0.137. The summed E-state index contributed by atoms with van der Waals surface area (Å²) in [5, 5.41) is 9.93. The van der Waals surface area contributed by atoms with Crippen molar-refractivity contribution in [1.82, 2.24) is 14.5 Å². The van der Waals surface area contributed by atoms with Gasteiger partial charge in [-0.3, -0.25) is 9.47 Å². The van der Waals surface area contributed by atoms with E-state index < -0.39 is 57.5 Å². The number of aliphatic hydroxyl groups is 1. The smallest absolute Gasteiger partial charge is 0.379 e.